The van der Waals surface area contributed by atoms with Gasteiger partial charge in [-0.2, -0.15) is 0 Å². The van der Waals surface area contributed by atoms with Crippen LogP contribution in [0.15, 0.2) is 23.1 Å². The number of anilines is 1. The van der Waals surface area contributed by atoms with Crippen molar-refractivity contribution in [3.63, 3.8) is 0 Å². The molecule has 0 aromatic heterocycles. The predicted molar refractivity (Wildman–Crippen MR) is 44.8 cm³/mol. The van der Waals surface area contributed by atoms with Crippen molar-refractivity contribution in [1.82, 2.24) is 0 Å². The minimum absolute atomic E-state index is 0. The molecule has 0 spiro atoms. The van der Waals surface area contributed by atoms with Gasteiger partial charge in [0.2, 0.25) is 0 Å². The van der Waals surface area contributed by atoms with Gasteiger partial charge in [0, 0.05) is 17.0 Å². The quantitative estimate of drug-likeness (QED) is 0.187. The topological polar surface area (TPSA) is 69.2 Å². The van der Waals surface area contributed by atoms with Crippen LogP contribution in [-0.2, 0) is 0 Å². The fraction of sp³-hybridized carbons (Fsp3) is 0. The van der Waals surface area contributed by atoms with E-state index >= 15 is 0 Å². The molecule has 0 saturated carbocycles. The average molecular weight is 193 g/mol. The van der Waals surface area contributed by atoms with Gasteiger partial charge >= 0.3 is 29.6 Å². The van der Waals surface area contributed by atoms with Crippen molar-refractivity contribution in [2.45, 2.75) is 4.90 Å². The van der Waals surface area contributed by atoms with Gasteiger partial charge in [0.1, 0.15) is 0 Å². The zero-order chi connectivity index (χ0) is 8.43. The van der Waals surface area contributed by atoms with Gasteiger partial charge in [0.25, 0.3) is 5.69 Å². The fourth-order valence-electron chi connectivity index (χ4n) is 0.655. The monoisotopic (exact) mass is 193 g/mol. The number of rotatable bonds is 1. The summed E-state index contributed by atoms with van der Waals surface area (Å²) in [5, 5.41) is 10.2. The standard InChI is InChI=1S/C6H6N2O2S.Na/c7-5-3-4(8(9)10)1-2-6(5)11;/h1-3,11H,7H2;/q;+1. The normalized spacial score (nSPS) is 8.75. The molecule has 0 heterocycles. The van der Waals surface area contributed by atoms with Crippen LogP contribution in [0.1, 0.15) is 0 Å². The van der Waals surface area contributed by atoms with Gasteiger partial charge in [-0.15, -0.1) is 12.6 Å². The van der Waals surface area contributed by atoms with Gasteiger partial charge in [0.15, 0.2) is 0 Å². The van der Waals surface area contributed by atoms with E-state index in [2.05, 4.69) is 12.6 Å². The molecule has 0 radical (unpaired) electrons. The van der Waals surface area contributed by atoms with E-state index in [0.717, 1.165) is 0 Å². The van der Waals surface area contributed by atoms with Gasteiger partial charge in [-0.3, -0.25) is 10.1 Å². The molecule has 0 aliphatic rings. The Hall–Kier alpha value is -0.230. The second-order valence-electron chi connectivity index (χ2n) is 2.00. The molecule has 0 bridgehead atoms. The third kappa shape index (κ3) is 2.67. The largest absolute Gasteiger partial charge is 1.00 e. The maximum Gasteiger partial charge on any atom is 1.00 e. The van der Waals surface area contributed by atoms with Crippen LogP contribution < -0.4 is 35.3 Å². The zero-order valence-electron chi connectivity index (χ0n) is 6.52. The Morgan fingerprint density at radius 1 is 1.50 bits per heavy atom. The minimum Gasteiger partial charge on any atom is -0.398 e. The maximum absolute atomic E-state index is 10.2. The Labute approximate surface area is 97.0 Å². The average Bonchev–Trinajstić information content (AvgIpc) is 1.94. The number of hydrogen-bond acceptors (Lipinski definition) is 4. The first kappa shape index (κ1) is 11.8. The Bertz CT molecular complexity index is 306. The van der Waals surface area contributed by atoms with Crippen molar-refractivity contribution in [2.24, 2.45) is 0 Å². The summed E-state index contributed by atoms with van der Waals surface area (Å²) in [5.74, 6) is 0. The summed E-state index contributed by atoms with van der Waals surface area (Å²) in [7, 11) is 0. The van der Waals surface area contributed by atoms with Crippen molar-refractivity contribution < 1.29 is 34.5 Å². The van der Waals surface area contributed by atoms with Gasteiger partial charge in [-0.1, -0.05) is 0 Å². The molecule has 0 saturated heterocycles. The first-order valence-electron chi connectivity index (χ1n) is 2.84. The SMILES string of the molecule is Nc1cc([N+](=O)[O-])ccc1S.[Na+]. The van der Waals surface area contributed by atoms with Crippen LogP contribution in [0.2, 0.25) is 0 Å². The minimum atomic E-state index is -0.496. The number of non-ortho nitro benzene ring substituents is 1. The van der Waals surface area contributed by atoms with E-state index in [9.17, 15) is 10.1 Å². The third-order valence-electron chi connectivity index (χ3n) is 1.22. The Morgan fingerprint density at radius 2 is 2.08 bits per heavy atom. The van der Waals surface area contributed by atoms with Crippen molar-refractivity contribution in [1.29, 1.82) is 0 Å². The first-order valence-corrected chi connectivity index (χ1v) is 3.29. The van der Waals surface area contributed by atoms with Crippen LogP contribution in [0.3, 0.4) is 0 Å². The zero-order valence-corrected chi connectivity index (χ0v) is 9.41. The second-order valence-corrected chi connectivity index (χ2v) is 2.48. The molecule has 1 aromatic rings. The number of hydrogen-bond donors (Lipinski definition) is 2. The molecule has 0 amide bonds. The Morgan fingerprint density at radius 3 is 2.50 bits per heavy atom. The molecule has 0 aliphatic carbocycles. The van der Waals surface area contributed by atoms with Crippen LogP contribution in [-0.4, -0.2) is 4.92 Å². The smallest absolute Gasteiger partial charge is 0.398 e. The van der Waals surface area contributed by atoms with Crippen molar-refractivity contribution in [2.75, 3.05) is 5.73 Å². The fourth-order valence-corrected chi connectivity index (χ4v) is 0.795. The van der Waals surface area contributed by atoms with E-state index in [1.807, 2.05) is 0 Å². The molecule has 1 aromatic carbocycles. The molecule has 0 atom stereocenters. The number of nitrogens with two attached hydrogens (primary N) is 1. The van der Waals surface area contributed by atoms with Crippen molar-refractivity contribution >= 4 is 24.0 Å². The molecular formula is C6H6N2NaO2S+. The van der Waals surface area contributed by atoms with Crippen LogP contribution in [0.4, 0.5) is 11.4 Å². The van der Waals surface area contributed by atoms with Crippen LogP contribution in [0.5, 0.6) is 0 Å². The van der Waals surface area contributed by atoms with E-state index < -0.39 is 4.92 Å². The first-order chi connectivity index (χ1) is 5.11. The number of thiol groups is 1. The Balaban J connectivity index is 0.00000121. The van der Waals surface area contributed by atoms with Gasteiger partial charge < -0.3 is 5.73 Å². The van der Waals surface area contributed by atoms with Crippen LogP contribution in [0.25, 0.3) is 0 Å². The molecule has 6 heteroatoms. The van der Waals surface area contributed by atoms with Gasteiger partial charge in [-0.25, -0.2) is 0 Å². The molecule has 0 fully saturated rings. The van der Waals surface area contributed by atoms with E-state index in [1.165, 1.54) is 18.2 Å². The summed E-state index contributed by atoms with van der Waals surface area (Å²) < 4.78 is 0. The summed E-state index contributed by atoms with van der Waals surface area (Å²) in [5.41, 5.74) is 5.69. The number of nitrogens with zero attached hydrogens (tertiary/aromatic N) is 1. The molecular weight excluding hydrogens is 187 g/mol. The second kappa shape index (κ2) is 4.71. The molecule has 12 heavy (non-hydrogen) atoms. The van der Waals surface area contributed by atoms with Gasteiger partial charge in [0.05, 0.1) is 10.6 Å². The molecule has 0 unspecified atom stereocenters. The van der Waals surface area contributed by atoms with Crippen LogP contribution in [0, 0.1) is 10.1 Å². The van der Waals surface area contributed by atoms with E-state index in [1.54, 1.807) is 0 Å². The summed E-state index contributed by atoms with van der Waals surface area (Å²) in [4.78, 5) is 10.2. The molecule has 2 N–H and O–H groups in total. The number of nitro benzene ring substituents is 1. The van der Waals surface area contributed by atoms with Crippen molar-refractivity contribution in [3.05, 3.63) is 28.3 Å². The molecule has 4 nitrogen and oxygen atoms in total. The number of nitro groups is 1. The van der Waals surface area contributed by atoms with E-state index in [-0.39, 0.29) is 35.2 Å². The summed E-state index contributed by atoms with van der Waals surface area (Å²) in [6.45, 7) is 0. The summed E-state index contributed by atoms with van der Waals surface area (Å²) >= 11 is 3.97. The van der Waals surface area contributed by atoms with E-state index in [4.69, 9.17) is 5.73 Å². The predicted octanol–water partition coefficient (Wildman–Crippen LogP) is -1.53. The maximum atomic E-state index is 10.2. The number of benzene rings is 1. The van der Waals surface area contributed by atoms with E-state index in [0.29, 0.717) is 10.6 Å². The molecule has 58 valence electrons. The van der Waals surface area contributed by atoms with Crippen LogP contribution >= 0.6 is 12.6 Å². The summed E-state index contributed by atoms with van der Waals surface area (Å²) in [6, 6.07) is 4.14. The molecule has 0 aliphatic heterocycles. The third-order valence-corrected chi connectivity index (χ3v) is 1.63. The number of nitrogen functional groups attached to an aromatic ring is 1. The van der Waals surface area contributed by atoms with Gasteiger partial charge in [-0.05, 0) is 6.07 Å². The molecule has 1 rings (SSSR count). The van der Waals surface area contributed by atoms with Crippen molar-refractivity contribution in [3.8, 4) is 0 Å². The summed E-state index contributed by atoms with van der Waals surface area (Å²) in [6.07, 6.45) is 0. The Kier molecular flexibility index (Phi) is 4.62.